The van der Waals surface area contributed by atoms with Gasteiger partial charge in [0.25, 0.3) is 0 Å². The van der Waals surface area contributed by atoms with Crippen LogP contribution in [0.1, 0.15) is 27.7 Å². The quantitative estimate of drug-likeness (QED) is 0.483. The van der Waals surface area contributed by atoms with Crippen LogP contribution in [0.4, 0.5) is 0 Å². The molecule has 0 aromatic rings. The fourth-order valence-corrected chi connectivity index (χ4v) is 0.136. The van der Waals surface area contributed by atoms with E-state index in [1.165, 1.54) is 0 Å². The number of allylic oxidation sites excluding steroid dienone is 9. The van der Waals surface area contributed by atoms with Crippen molar-refractivity contribution in [2.75, 3.05) is 0 Å². The summed E-state index contributed by atoms with van der Waals surface area (Å²) in [4.78, 5) is 0. The van der Waals surface area contributed by atoms with Crippen LogP contribution in [0, 0.1) is 0 Å². The molecular weight excluding hydrogens is 240 g/mol. The normalized spacial score (nSPS) is 7.20. The van der Waals surface area contributed by atoms with E-state index in [0.717, 1.165) is 16.7 Å². The van der Waals surface area contributed by atoms with Crippen LogP contribution >= 0.6 is 0 Å². The highest BCUT2D eigenvalue weighted by Gasteiger charge is 1.77. The molecule has 20 heavy (non-hydrogen) atoms. The summed E-state index contributed by atoms with van der Waals surface area (Å²) in [6.07, 6.45) is 10.6. The van der Waals surface area contributed by atoms with E-state index in [0.29, 0.717) is 0 Å². The van der Waals surface area contributed by atoms with Crippen LogP contribution < -0.4 is 0 Å². The zero-order chi connectivity index (χ0) is 17.0. The first-order valence-electron chi connectivity index (χ1n) is 6.31. The Bertz CT molecular complexity index is 317. The van der Waals surface area contributed by atoms with E-state index in [1.807, 2.05) is 39.8 Å². The largest absolute Gasteiger partial charge is 0.0991 e. The van der Waals surface area contributed by atoms with Crippen molar-refractivity contribution in [2.45, 2.75) is 27.7 Å². The number of hydrogen-bond acceptors (Lipinski definition) is 0. The Kier molecular flexibility index (Phi) is 34.0. The lowest BCUT2D eigenvalue weighted by Gasteiger charge is -1.88. The highest BCUT2D eigenvalue weighted by atomic mass is 13.8. The highest BCUT2D eigenvalue weighted by Crippen LogP contribution is 1.98. The van der Waals surface area contributed by atoms with Crippen molar-refractivity contribution in [3.8, 4) is 0 Å². The van der Waals surface area contributed by atoms with Gasteiger partial charge in [-0.1, -0.05) is 99.2 Å². The van der Waals surface area contributed by atoms with Crippen LogP contribution in [-0.2, 0) is 0 Å². The third-order valence-corrected chi connectivity index (χ3v) is 1.57. The third-order valence-electron chi connectivity index (χ3n) is 1.57. The summed E-state index contributed by atoms with van der Waals surface area (Å²) in [5.41, 5.74) is 3.15. The zero-order valence-corrected chi connectivity index (χ0v) is 13.9. The average molecular weight is 272 g/mol. The minimum absolute atomic E-state index is 1.02. The molecule has 0 aliphatic heterocycles. The van der Waals surface area contributed by atoms with E-state index >= 15 is 0 Å². The van der Waals surface area contributed by atoms with Crippen LogP contribution in [0.25, 0.3) is 0 Å². The van der Waals surface area contributed by atoms with Crippen molar-refractivity contribution >= 4 is 0 Å². The molecule has 112 valence electrons. The van der Waals surface area contributed by atoms with Crippen LogP contribution in [0.2, 0.25) is 0 Å². The molecule has 0 unspecified atom stereocenters. The topological polar surface area (TPSA) is 0 Å². The summed E-state index contributed by atoms with van der Waals surface area (Å²) in [7, 11) is 0. The molecule has 0 aliphatic carbocycles. The van der Waals surface area contributed by atoms with E-state index in [4.69, 9.17) is 0 Å². The highest BCUT2D eigenvalue weighted by molar-refractivity contribution is 5.19. The van der Waals surface area contributed by atoms with Gasteiger partial charge in [-0.05, 0) is 27.7 Å². The third kappa shape index (κ3) is 74.0. The van der Waals surface area contributed by atoms with Crippen molar-refractivity contribution in [1.82, 2.24) is 0 Å². The molecule has 0 heterocycles. The Morgan fingerprint density at radius 3 is 1.00 bits per heavy atom. The van der Waals surface area contributed by atoms with Crippen molar-refractivity contribution < 1.29 is 0 Å². The van der Waals surface area contributed by atoms with Gasteiger partial charge in [0.2, 0.25) is 0 Å². The Morgan fingerprint density at radius 2 is 1.00 bits per heavy atom. The van der Waals surface area contributed by atoms with Gasteiger partial charge < -0.3 is 0 Å². The maximum atomic E-state index is 3.66. The summed E-state index contributed by atoms with van der Waals surface area (Å²) in [6.45, 7) is 32.3. The van der Waals surface area contributed by atoms with Gasteiger partial charge in [-0.2, -0.15) is 0 Å². The van der Waals surface area contributed by atoms with Crippen LogP contribution in [0.3, 0.4) is 0 Å². The number of hydrogen-bond donors (Lipinski definition) is 0. The molecule has 0 spiro atoms. The van der Waals surface area contributed by atoms with Gasteiger partial charge in [0.05, 0.1) is 0 Å². The van der Waals surface area contributed by atoms with E-state index in [1.54, 1.807) is 24.3 Å². The Morgan fingerprint density at radius 1 is 0.700 bits per heavy atom. The Hall–Kier alpha value is -2.08. The van der Waals surface area contributed by atoms with Gasteiger partial charge in [0.15, 0.2) is 0 Å². The smallest absolute Gasteiger partial charge is 0.0401 e. The predicted molar refractivity (Wildman–Crippen MR) is 100 cm³/mol. The summed E-state index contributed by atoms with van der Waals surface area (Å²) in [5, 5.41) is 0. The molecule has 0 nitrogen and oxygen atoms in total. The van der Waals surface area contributed by atoms with E-state index < -0.39 is 0 Å². The standard InChI is InChI=1S/C6H10.2C5H8.C4H6/c1-5(2)6(3)4;1-4-5(2)3;1-3-5-4-2;1-3-4-2/h1,3H2,2,4H3;4H,1-2H2,3H3;3-5H,1H2,2H3;3-4H,1-2H2. The second-order valence-electron chi connectivity index (χ2n) is 3.84. The second kappa shape index (κ2) is 25.7. The van der Waals surface area contributed by atoms with Crippen LogP contribution in [0.5, 0.6) is 0 Å². The summed E-state index contributed by atoms with van der Waals surface area (Å²) in [6, 6.07) is 0. The maximum Gasteiger partial charge on any atom is -0.0401 e. The summed E-state index contributed by atoms with van der Waals surface area (Å²) in [5.74, 6) is 0. The van der Waals surface area contributed by atoms with Gasteiger partial charge in [-0.15, -0.1) is 0 Å². The van der Waals surface area contributed by atoms with Gasteiger partial charge in [0.1, 0.15) is 0 Å². The first-order valence-corrected chi connectivity index (χ1v) is 6.31. The van der Waals surface area contributed by atoms with E-state index in [9.17, 15) is 0 Å². The van der Waals surface area contributed by atoms with Gasteiger partial charge in [-0.25, -0.2) is 0 Å². The van der Waals surface area contributed by atoms with Crippen LogP contribution in [0.15, 0.2) is 99.2 Å². The SMILES string of the molecule is C=C(C)C(=C)C.C=CC(=C)C.C=CC=C.C=CC=CC. The molecule has 0 saturated carbocycles. The van der Waals surface area contributed by atoms with E-state index in [2.05, 4.69) is 46.1 Å². The van der Waals surface area contributed by atoms with Crippen molar-refractivity contribution in [3.05, 3.63) is 99.2 Å². The lowest BCUT2D eigenvalue weighted by molar-refractivity contribution is 1.39. The monoisotopic (exact) mass is 272 g/mol. The Balaban J connectivity index is -0.0000000862. The molecule has 0 atom stereocenters. The molecule has 0 rings (SSSR count). The fraction of sp³-hybridized carbons (Fsp3) is 0.200. The minimum Gasteiger partial charge on any atom is -0.0991 e. The molecule has 0 saturated heterocycles. The van der Waals surface area contributed by atoms with Crippen molar-refractivity contribution in [2.24, 2.45) is 0 Å². The average Bonchev–Trinajstić information content (AvgIpc) is 2.41. The minimum atomic E-state index is 1.02. The molecule has 0 N–H and O–H groups in total. The molecule has 0 aromatic heterocycles. The first kappa shape index (κ1) is 26.5. The molecular formula is C20H32. The van der Waals surface area contributed by atoms with Crippen molar-refractivity contribution in [1.29, 1.82) is 0 Å². The molecule has 0 bridgehead atoms. The van der Waals surface area contributed by atoms with Gasteiger partial charge in [-0.3, -0.25) is 0 Å². The summed E-state index contributed by atoms with van der Waals surface area (Å²) < 4.78 is 0. The van der Waals surface area contributed by atoms with Gasteiger partial charge >= 0.3 is 0 Å². The molecule has 0 amide bonds. The lowest BCUT2D eigenvalue weighted by Crippen LogP contribution is -1.67. The Labute approximate surface area is 127 Å². The second-order valence-corrected chi connectivity index (χ2v) is 3.84. The lowest BCUT2D eigenvalue weighted by atomic mass is 10.2. The summed E-state index contributed by atoms with van der Waals surface area (Å²) >= 11 is 0. The van der Waals surface area contributed by atoms with E-state index in [-0.39, 0.29) is 0 Å². The molecule has 0 aromatic carbocycles. The number of rotatable bonds is 4. The van der Waals surface area contributed by atoms with Crippen LogP contribution in [-0.4, -0.2) is 0 Å². The predicted octanol–water partition coefficient (Wildman–Crippen LogP) is 6.99. The molecule has 0 heteroatoms. The molecule has 0 radical (unpaired) electrons. The maximum absolute atomic E-state index is 3.66. The van der Waals surface area contributed by atoms with Gasteiger partial charge in [0, 0.05) is 0 Å². The van der Waals surface area contributed by atoms with Crippen molar-refractivity contribution in [3.63, 3.8) is 0 Å². The molecule has 0 fully saturated rings. The zero-order valence-electron chi connectivity index (χ0n) is 13.9. The molecule has 0 aliphatic rings. The fourth-order valence-electron chi connectivity index (χ4n) is 0.136. The first-order chi connectivity index (χ1) is 9.24.